The fourth-order valence-electron chi connectivity index (χ4n) is 1.78. The van der Waals surface area contributed by atoms with Crippen LogP contribution in [0.15, 0.2) is 30.0 Å². The van der Waals surface area contributed by atoms with Gasteiger partial charge in [-0.15, -0.1) is 11.3 Å². The Morgan fingerprint density at radius 1 is 1.48 bits per heavy atom. The van der Waals surface area contributed by atoms with E-state index < -0.39 is 18.0 Å². The number of carboxylic acid groups (broad SMARTS) is 1. The third-order valence-corrected chi connectivity index (χ3v) is 3.76. The molecule has 0 aliphatic heterocycles. The van der Waals surface area contributed by atoms with E-state index in [1.807, 2.05) is 17.5 Å². The number of carbonyl (C=O) groups excluding carboxylic acids is 1. The van der Waals surface area contributed by atoms with Gasteiger partial charge in [-0.3, -0.25) is 0 Å². The molecule has 7 nitrogen and oxygen atoms in total. The normalized spacial score (nSPS) is 11.8. The number of aromatic nitrogens is 2. The van der Waals surface area contributed by atoms with Crippen LogP contribution < -0.4 is 10.6 Å². The molecule has 0 saturated heterocycles. The number of imidazole rings is 1. The average Bonchev–Trinajstić information content (AvgIpc) is 3.10. The minimum atomic E-state index is -1.09. The number of urea groups is 1. The summed E-state index contributed by atoms with van der Waals surface area (Å²) < 4.78 is 0. The van der Waals surface area contributed by atoms with Crippen LogP contribution in [0.5, 0.6) is 0 Å². The first-order valence-electron chi connectivity index (χ1n) is 6.42. The van der Waals surface area contributed by atoms with Crippen molar-refractivity contribution < 1.29 is 14.7 Å². The van der Waals surface area contributed by atoms with Gasteiger partial charge in [-0.1, -0.05) is 6.07 Å². The first kappa shape index (κ1) is 15.0. The largest absolute Gasteiger partial charge is 0.480 e. The Balaban J connectivity index is 1.76. The van der Waals surface area contributed by atoms with Crippen LogP contribution in [0.25, 0.3) is 0 Å². The molecule has 2 rings (SSSR count). The van der Waals surface area contributed by atoms with E-state index in [0.717, 1.165) is 6.42 Å². The van der Waals surface area contributed by atoms with Crippen LogP contribution in [0.1, 0.15) is 10.6 Å². The topological polar surface area (TPSA) is 107 Å². The van der Waals surface area contributed by atoms with Crippen molar-refractivity contribution in [3.8, 4) is 0 Å². The molecule has 0 fully saturated rings. The lowest BCUT2D eigenvalue weighted by atomic mass is 10.2. The molecule has 21 heavy (non-hydrogen) atoms. The summed E-state index contributed by atoms with van der Waals surface area (Å²) in [5.41, 5.74) is 0.654. The highest BCUT2D eigenvalue weighted by Gasteiger charge is 2.20. The lowest BCUT2D eigenvalue weighted by molar-refractivity contribution is -0.139. The number of aliphatic carboxylic acids is 1. The molecular weight excluding hydrogens is 292 g/mol. The number of hydrogen-bond donors (Lipinski definition) is 4. The predicted molar refractivity (Wildman–Crippen MR) is 78.3 cm³/mol. The highest BCUT2D eigenvalue weighted by atomic mass is 32.1. The Morgan fingerprint density at radius 3 is 2.95 bits per heavy atom. The quantitative estimate of drug-likeness (QED) is 0.612. The van der Waals surface area contributed by atoms with Crippen molar-refractivity contribution in [2.24, 2.45) is 0 Å². The summed E-state index contributed by atoms with van der Waals surface area (Å²) in [4.78, 5) is 30.7. The Kier molecular flexibility index (Phi) is 5.33. The molecule has 1 atom stereocenters. The smallest absolute Gasteiger partial charge is 0.326 e. The zero-order valence-electron chi connectivity index (χ0n) is 11.2. The van der Waals surface area contributed by atoms with Crippen LogP contribution in [0, 0.1) is 0 Å². The van der Waals surface area contributed by atoms with Gasteiger partial charge in [0, 0.05) is 29.7 Å². The number of amides is 2. The Labute approximate surface area is 125 Å². The highest BCUT2D eigenvalue weighted by Crippen LogP contribution is 2.08. The standard InChI is InChI=1S/C13H16N4O3S/c18-12(19)11(6-9-7-14-8-16-9)17-13(20)15-4-3-10-2-1-5-21-10/h1-2,5,7-8,11H,3-4,6H2,(H,14,16)(H,18,19)(H2,15,17,20)/t11-/m0/s1. The molecule has 2 amide bonds. The third-order valence-electron chi connectivity index (χ3n) is 2.82. The summed E-state index contributed by atoms with van der Waals surface area (Å²) in [5, 5.41) is 16.2. The number of rotatable bonds is 7. The molecule has 8 heteroatoms. The minimum absolute atomic E-state index is 0.160. The van der Waals surface area contributed by atoms with Crippen molar-refractivity contribution in [2.45, 2.75) is 18.9 Å². The summed E-state index contributed by atoms with van der Waals surface area (Å²) >= 11 is 1.62. The van der Waals surface area contributed by atoms with E-state index in [9.17, 15) is 9.59 Å². The molecule has 4 N–H and O–H groups in total. The second-order valence-corrected chi connectivity index (χ2v) is 5.43. The Hall–Kier alpha value is -2.35. The molecule has 0 radical (unpaired) electrons. The van der Waals surface area contributed by atoms with Crippen molar-refractivity contribution in [1.82, 2.24) is 20.6 Å². The number of aromatic amines is 1. The molecule has 2 aromatic rings. The third kappa shape index (κ3) is 4.92. The van der Waals surface area contributed by atoms with E-state index in [1.165, 1.54) is 17.4 Å². The Morgan fingerprint density at radius 2 is 2.33 bits per heavy atom. The molecule has 0 aliphatic carbocycles. The first-order valence-corrected chi connectivity index (χ1v) is 7.30. The molecule has 0 aromatic carbocycles. The van der Waals surface area contributed by atoms with Crippen molar-refractivity contribution in [3.05, 3.63) is 40.6 Å². The van der Waals surface area contributed by atoms with Crippen molar-refractivity contribution in [3.63, 3.8) is 0 Å². The van der Waals surface area contributed by atoms with Gasteiger partial charge in [-0.25, -0.2) is 14.6 Å². The lowest BCUT2D eigenvalue weighted by Gasteiger charge is -2.14. The number of nitrogens with one attached hydrogen (secondary N) is 3. The molecule has 2 aromatic heterocycles. The summed E-state index contributed by atoms with van der Waals surface area (Å²) in [6.07, 6.45) is 3.89. The molecular formula is C13H16N4O3S. The summed E-state index contributed by atoms with van der Waals surface area (Å²) in [7, 11) is 0. The average molecular weight is 308 g/mol. The van der Waals surface area contributed by atoms with Gasteiger partial charge < -0.3 is 20.7 Å². The maximum Gasteiger partial charge on any atom is 0.326 e. The van der Waals surface area contributed by atoms with E-state index in [1.54, 1.807) is 11.3 Å². The van der Waals surface area contributed by atoms with E-state index in [0.29, 0.717) is 12.2 Å². The van der Waals surface area contributed by atoms with Gasteiger partial charge in [-0.2, -0.15) is 0 Å². The molecule has 0 aliphatic rings. The molecule has 0 spiro atoms. The van der Waals surface area contributed by atoms with Crippen molar-refractivity contribution >= 4 is 23.3 Å². The maximum absolute atomic E-state index is 11.7. The van der Waals surface area contributed by atoms with Gasteiger partial charge in [0.2, 0.25) is 0 Å². The summed E-state index contributed by atoms with van der Waals surface area (Å²) in [5.74, 6) is -1.09. The zero-order chi connectivity index (χ0) is 15.1. The SMILES string of the molecule is O=C(NCCc1cccs1)N[C@@H](Cc1cnc[nH]1)C(=O)O. The number of carbonyl (C=O) groups is 2. The first-order chi connectivity index (χ1) is 10.1. The van der Waals surface area contributed by atoms with Gasteiger partial charge in [0.15, 0.2) is 0 Å². The van der Waals surface area contributed by atoms with Gasteiger partial charge in [0.05, 0.1) is 6.33 Å². The Bertz CT molecular complexity index is 568. The fourth-order valence-corrected chi connectivity index (χ4v) is 2.49. The van der Waals surface area contributed by atoms with Gasteiger partial charge in [0.25, 0.3) is 0 Å². The van der Waals surface area contributed by atoms with Crippen LogP contribution in [0.4, 0.5) is 4.79 Å². The lowest BCUT2D eigenvalue weighted by Crippen LogP contribution is -2.47. The number of H-pyrrole nitrogens is 1. The minimum Gasteiger partial charge on any atom is -0.480 e. The number of thiophene rings is 1. The van der Waals surface area contributed by atoms with Gasteiger partial charge >= 0.3 is 12.0 Å². The highest BCUT2D eigenvalue weighted by molar-refractivity contribution is 7.09. The number of hydrogen-bond acceptors (Lipinski definition) is 4. The number of carboxylic acids is 1. The summed E-state index contributed by atoms with van der Waals surface area (Å²) in [6, 6.07) is 2.46. The van der Waals surface area contributed by atoms with Crippen molar-refractivity contribution in [1.29, 1.82) is 0 Å². The zero-order valence-corrected chi connectivity index (χ0v) is 12.0. The molecule has 0 saturated carbocycles. The van der Waals surface area contributed by atoms with Gasteiger partial charge in [0.1, 0.15) is 6.04 Å². The molecule has 0 unspecified atom stereocenters. The summed E-state index contributed by atoms with van der Waals surface area (Å²) in [6.45, 7) is 0.461. The molecule has 2 heterocycles. The van der Waals surface area contributed by atoms with Gasteiger partial charge in [-0.05, 0) is 17.9 Å². The second-order valence-electron chi connectivity index (χ2n) is 4.40. The van der Waals surface area contributed by atoms with Crippen LogP contribution in [-0.2, 0) is 17.6 Å². The van der Waals surface area contributed by atoms with Crippen LogP contribution in [0.2, 0.25) is 0 Å². The van der Waals surface area contributed by atoms with E-state index in [2.05, 4.69) is 20.6 Å². The maximum atomic E-state index is 11.7. The van der Waals surface area contributed by atoms with Crippen molar-refractivity contribution in [2.75, 3.05) is 6.54 Å². The van der Waals surface area contributed by atoms with Crippen LogP contribution in [-0.4, -0.2) is 39.7 Å². The van der Waals surface area contributed by atoms with Crippen LogP contribution in [0.3, 0.4) is 0 Å². The monoisotopic (exact) mass is 308 g/mol. The molecule has 0 bridgehead atoms. The number of nitrogens with zero attached hydrogens (tertiary/aromatic N) is 1. The van der Waals surface area contributed by atoms with E-state index in [4.69, 9.17) is 5.11 Å². The second kappa shape index (κ2) is 7.44. The predicted octanol–water partition coefficient (Wildman–Crippen LogP) is 1.01. The van der Waals surface area contributed by atoms with E-state index >= 15 is 0 Å². The molecule has 112 valence electrons. The fraction of sp³-hybridized carbons (Fsp3) is 0.308. The van der Waals surface area contributed by atoms with Crippen LogP contribution >= 0.6 is 11.3 Å². The van der Waals surface area contributed by atoms with E-state index in [-0.39, 0.29) is 6.42 Å².